The summed E-state index contributed by atoms with van der Waals surface area (Å²) in [5.41, 5.74) is 6.83. The van der Waals surface area contributed by atoms with Crippen LogP contribution < -0.4 is 5.32 Å². The van der Waals surface area contributed by atoms with E-state index in [4.69, 9.17) is 0 Å². The zero-order chi connectivity index (χ0) is 27.0. The van der Waals surface area contributed by atoms with Gasteiger partial charge in [-0.15, -0.1) is 0 Å². The van der Waals surface area contributed by atoms with Gasteiger partial charge in [0.25, 0.3) is 5.91 Å². The fourth-order valence-electron chi connectivity index (χ4n) is 4.66. The molecule has 3 aromatic carbocycles. The number of nitriles is 1. The number of rotatable bonds is 5. The summed E-state index contributed by atoms with van der Waals surface area (Å²) in [6.07, 6.45) is 5.21. The average Bonchev–Trinajstić information content (AvgIpc) is 3.42. The van der Waals surface area contributed by atoms with Crippen molar-refractivity contribution in [3.8, 4) is 28.5 Å². The lowest BCUT2D eigenvalue weighted by atomic mass is 9.86. The van der Waals surface area contributed by atoms with Gasteiger partial charge in [-0.3, -0.25) is 19.9 Å². The van der Waals surface area contributed by atoms with E-state index < -0.39 is 5.41 Å². The highest BCUT2D eigenvalue weighted by atomic mass is 16.1. The number of aromatic amines is 1. The Morgan fingerprint density at radius 2 is 1.67 bits per heavy atom. The minimum Gasteiger partial charge on any atom is -0.321 e. The number of carbonyl (C=O) groups excluding carboxylic acids is 1. The lowest BCUT2D eigenvalue weighted by Gasteiger charge is -2.15. The Hall–Kier alpha value is -5.35. The molecule has 0 unspecified atom stereocenters. The van der Waals surface area contributed by atoms with Crippen LogP contribution in [0.4, 0.5) is 5.69 Å². The van der Waals surface area contributed by atoms with Crippen LogP contribution in [-0.2, 0) is 5.41 Å². The first-order valence-electron chi connectivity index (χ1n) is 12.5. The van der Waals surface area contributed by atoms with Crippen LogP contribution in [0.15, 0.2) is 97.5 Å². The number of carbonyl (C=O) groups is 1. The second-order valence-corrected chi connectivity index (χ2v) is 9.95. The minimum absolute atomic E-state index is 0.189. The van der Waals surface area contributed by atoms with Crippen LogP contribution in [0.2, 0.25) is 0 Å². The molecule has 0 bridgehead atoms. The quantitative estimate of drug-likeness (QED) is 0.264. The Balaban J connectivity index is 1.40. The molecule has 0 saturated heterocycles. The second-order valence-electron chi connectivity index (χ2n) is 9.95. The maximum atomic E-state index is 12.6. The van der Waals surface area contributed by atoms with E-state index in [0.717, 1.165) is 49.8 Å². The molecule has 39 heavy (non-hydrogen) atoms. The van der Waals surface area contributed by atoms with Gasteiger partial charge in [-0.1, -0.05) is 48.5 Å². The van der Waals surface area contributed by atoms with Gasteiger partial charge >= 0.3 is 0 Å². The van der Waals surface area contributed by atoms with E-state index in [-0.39, 0.29) is 5.91 Å². The number of nitrogens with one attached hydrogen (secondary N) is 2. The van der Waals surface area contributed by atoms with Crippen molar-refractivity contribution in [1.82, 2.24) is 20.2 Å². The molecule has 7 heteroatoms. The molecule has 0 atom stereocenters. The summed E-state index contributed by atoms with van der Waals surface area (Å²) >= 11 is 0. The van der Waals surface area contributed by atoms with Crippen molar-refractivity contribution in [2.75, 3.05) is 5.32 Å². The maximum Gasteiger partial charge on any atom is 0.255 e. The lowest BCUT2D eigenvalue weighted by molar-refractivity contribution is 0.102. The summed E-state index contributed by atoms with van der Waals surface area (Å²) in [5, 5.41) is 22.1. The van der Waals surface area contributed by atoms with E-state index in [2.05, 4.69) is 37.6 Å². The third-order valence-corrected chi connectivity index (χ3v) is 6.92. The van der Waals surface area contributed by atoms with Crippen LogP contribution in [0.5, 0.6) is 0 Å². The van der Waals surface area contributed by atoms with E-state index in [1.165, 1.54) is 0 Å². The Morgan fingerprint density at radius 1 is 0.897 bits per heavy atom. The Kier molecular flexibility index (Phi) is 5.85. The summed E-state index contributed by atoms with van der Waals surface area (Å²) in [4.78, 5) is 21.6. The van der Waals surface area contributed by atoms with Crippen LogP contribution in [-0.4, -0.2) is 26.1 Å². The van der Waals surface area contributed by atoms with Gasteiger partial charge in [-0.25, -0.2) is 0 Å². The molecule has 0 aliphatic rings. The topological polar surface area (TPSA) is 107 Å². The minimum atomic E-state index is -0.569. The molecule has 6 aromatic rings. The second kappa shape index (κ2) is 9.51. The Morgan fingerprint density at radius 3 is 2.44 bits per heavy atom. The van der Waals surface area contributed by atoms with Crippen molar-refractivity contribution < 1.29 is 4.79 Å². The van der Waals surface area contributed by atoms with Crippen LogP contribution in [0.3, 0.4) is 0 Å². The fourth-order valence-corrected chi connectivity index (χ4v) is 4.66. The number of nitrogens with zero attached hydrogens (tertiary/aromatic N) is 4. The van der Waals surface area contributed by atoms with Crippen molar-refractivity contribution in [2.45, 2.75) is 19.3 Å². The highest BCUT2D eigenvalue weighted by molar-refractivity contribution is 6.12. The van der Waals surface area contributed by atoms with E-state index in [1.807, 2.05) is 74.5 Å². The highest BCUT2D eigenvalue weighted by Gasteiger charge is 2.20. The molecule has 0 saturated carbocycles. The molecular formula is C32H24N6O. The summed E-state index contributed by atoms with van der Waals surface area (Å²) in [6.45, 7) is 3.81. The summed E-state index contributed by atoms with van der Waals surface area (Å²) < 4.78 is 0. The third kappa shape index (κ3) is 4.49. The molecular weight excluding hydrogens is 484 g/mol. The first kappa shape index (κ1) is 24.0. The lowest BCUT2D eigenvalue weighted by Crippen LogP contribution is -2.13. The SMILES string of the molecule is CC(C)(C#N)c1ccc(-c2n[nH]c3cnc4ccc(-c5cncc(NC(=O)c6ccccc6)c5)cc4c23)cc1. The van der Waals surface area contributed by atoms with Crippen molar-refractivity contribution >= 4 is 33.4 Å². The number of fused-ring (bicyclic) bond motifs is 3. The molecule has 3 heterocycles. The smallest absolute Gasteiger partial charge is 0.255 e. The highest BCUT2D eigenvalue weighted by Crippen LogP contribution is 2.35. The van der Waals surface area contributed by atoms with Gasteiger partial charge in [0.2, 0.25) is 0 Å². The normalized spacial score (nSPS) is 11.4. The van der Waals surface area contributed by atoms with Crippen LogP contribution in [0, 0.1) is 11.3 Å². The number of H-pyrrole nitrogens is 1. The van der Waals surface area contributed by atoms with Gasteiger partial charge < -0.3 is 5.32 Å². The molecule has 0 aliphatic heterocycles. The largest absolute Gasteiger partial charge is 0.321 e. The molecule has 0 aliphatic carbocycles. The molecule has 2 N–H and O–H groups in total. The van der Waals surface area contributed by atoms with Crippen molar-refractivity contribution in [3.63, 3.8) is 0 Å². The first-order chi connectivity index (χ1) is 18.9. The average molecular weight is 509 g/mol. The van der Waals surface area contributed by atoms with Crippen molar-refractivity contribution in [2.24, 2.45) is 0 Å². The third-order valence-electron chi connectivity index (χ3n) is 6.92. The predicted molar refractivity (Wildman–Crippen MR) is 153 cm³/mol. The summed E-state index contributed by atoms with van der Waals surface area (Å²) in [7, 11) is 0. The monoisotopic (exact) mass is 508 g/mol. The van der Waals surface area contributed by atoms with Crippen molar-refractivity contribution in [3.05, 3.63) is 109 Å². The van der Waals surface area contributed by atoms with Crippen LogP contribution in [0.25, 0.3) is 44.2 Å². The Labute approximate surface area is 225 Å². The predicted octanol–water partition coefficient (Wildman–Crippen LogP) is 6.89. The zero-order valence-corrected chi connectivity index (χ0v) is 21.4. The standard InChI is InChI=1S/C32H24N6O/c1-32(2,19-33)24-11-8-20(9-12-24)30-29-26-15-22(10-13-27(26)35-18-28(29)37-38-30)23-14-25(17-34-16-23)36-31(39)21-6-4-3-5-7-21/h3-18H,1-2H3,(H,36,39)(H,37,38). The number of amides is 1. The number of anilines is 1. The van der Waals surface area contributed by atoms with Gasteiger partial charge in [0, 0.05) is 33.7 Å². The number of hydrogen-bond acceptors (Lipinski definition) is 5. The number of pyridine rings is 2. The number of benzene rings is 3. The summed E-state index contributed by atoms with van der Waals surface area (Å²) in [6, 6.07) is 27.4. The first-order valence-corrected chi connectivity index (χ1v) is 12.5. The van der Waals surface area contributed by atoms with E-state index in [0.29, 0.717) is 11.3 Å². The summed E-state index contributed by atoms with van der Waals surface area (Å²) in [5.74, 6) is -0.189. The van der Waals surface area contributed by atoms with E-state index in [1.54, 1.807) is 30.7 Å². The van der Waals surface area contributed by atoms with Gasteiger partial charge in [-0.2, -0.15) is 10.4 Å². The molecule has 6 rings (SSSR count). The van der Waals surface area contributed by atoms with Crippen molar-refractivity contribution in [1.29, 1.82) is 5.26 Å². The van der Waals surface area contributed by atoms with Gasteiger partial charge in [-0.05, 0) is 55.3 Å². The van der Waals surface area contributed by atoms with Gasteiger partial charge in [0.05, 0.1) is 40.6 Å². The van der Waals surface area contributed by atoms with E-state index in [9.17, 15) is 10.1 Å². The van der Waals surface area contributed by atoms with Crippen LogP contribution >= 0.6 is 0 Å². The van der Waals surface area contributed by atoms with Gasteiger partial charge in [0.1, 0.15) is 5.69 Å². The molecule has 188 valence electrons. The van der Waals surface area contributed by atoms with E-state index >= 15 is 0 Å². The maximum absolute atomic E-state index is 12.6. The van der Waals surface area contributed by atoms with Crippen LogP contribution in [0.1, 0.15) is 29.8 Å². The zero-order valence-electron chi connectivity index (χ0n) is 21.4. The fraction of sp³-hybridized carbons (Fsp3) is 0.0938. The number of hydrogen-bond donors (Lipinski definition) is 2. The number of aromatic nitrogens is 4. The Bertz CT molecular complexity index is 1880. The molecule has 0 fully saturated rings. The molecule has 3 aromatic heterocycles. The van der Waals surface area contributed by atoms with Gasteiger partial charge in [0.15, 0.2) is 0 Å². The molecule has 1 amide bonds. The molecule has 0 radical (unpaired) electrons. The molecule has 7 nitrogen and oxygen atoms in total. The molecule has 0 spiro atoms.